The van der Waals surface area contributed by atoms with Gasteiger partial charge in [0.1, 0.15) is 24.4 Å². The van der Waals surface area contributed by atoms with E-state index in [0.717, 1.165) is 10.9 Å². The number of hydrogen-bond donors (Lipinski definition) is 8. The zero-order valence-corrected chi connectivity index (χ0v) is 21.5. The fourth-order valence-electron chi connectivity index (χ4n) is 4.15. The van der Waals surface area contributed by atoms with Crippen LogP contribution in [-0.4, -0.2) is 85.0 Å². The number of aromatic nitrogens is 1. The molecule has 1 saturated heterocycles. The molecule has 3 rings (SSSR count). The lowest BCUT2D eigenvalue weighted by molar-refractivity contribution is -0.270. The van der Waals surface area contributed by atoms with Crippen LogP contribution in [0.5, 0.6) is 0 Å². The Bertz CT molecular complexity index is 1140. The molecule has 1 aliphatic heterocycles. The largest absolute Gasteiger partial charge is 0.480 e. The lowest BCUT2D eigenvalue weighted by Crippen LogP contribution is -2.57. The van der Waals surface area contributed by atoms with E-state index in [9.17, 15) is 39.5 Å². The summed E-state index contributed by atoms with van der Waals surface area (Å²) in [4.78, 5) is 38.5. The molecule has 8 atom stereocenters. The molecule has 8 N–H and O–H groups in total. The maximum absolute atomic E-state index is 13.1. The van der Waals surface area contributed by atoms with Crippen LogP contribution in [0.25, 0.3) is 10.9 Å². The second kappa shape index (κ2) is 12.0. The molecule has 1 fully saturated rings. The fraction of sp³-hybridized carbons (Fsp3) is 0.565. The summed E-state index contributed by atoms with van der Waals surface area (Å²) in [6.07, 6.45) is -6.08. The number of aliphatic hydroxyl groups excluding tert-OH is 3. The minimum atomic E-state index is -4.83. The highest BCUT2D eigenvalue weighted by Gasteiger charge is 2.45. The second-order valence-corrected chi connectivity index (χ2v) is 11.1. The second-order valence-electron chi connectivity index (χ2n) is 9.58. The smallest absolute Gasteiger partial charge is 0.406 e. The zero-order valence-electron chi connectivity index (χ0n) is 20.6. The molecule has 2 unspecified atom stereocenters. The predicted molar refractivity (Wildman–Crippen MR) is 131 cm³/mol. The third kappa shape index (κ3) is 7.37. The summed E-state index contributed by atoms with van der Waals surface area (Å²) in [6, 6.07) is 4.63. The van der Waals surface area contributed by atoms with Crippen LogP contribution >= 0.6 is 7.75 Å². The quantitative estimate of drug-likeness (QED) is 0.180. The molecule has 1 amide bonds. The summed E-state index contributed by atoms with van der Waals surface area (Å²) in [7, 11) is -4.83. The molecule has 1 aliphatic rings. The Hall–Kier alpha value is -2.35. The molecule has 0 bridgehead atoms. The molecule has 0 saturated carbocycles. The summed E-state index contributed by atoms with van der Waals surface area (Å²) in [5, 5.41) is 45.0. The summed E-state index contributed by atoms with van der Waals surface area (Å²) in [5.41, 5.74) is 1.48. The number of H-pyrrole nitrogens is 1. The number of fused-ring (bicyclic) bond motifs is 1. The molecule has 14 heteroatoms. The number of aliphatic hydroxyl groups is 3. The van der Waals surface area contributed by atoms with Gasteiger partial charge in [0, 0.05) is 23.5 Å². The third-order valence-corrected chi connectivity index (χ3v) is 7.24. The Morgan fingerprint density at radius 3 is 2.46 bits per heavy atom. The van der Waals surface area contributed by atoms with Crippen molar-refractivity contribution in [1.29, 1.82) is 0 Å². The standard InChI is InChI=1S/C23H34N3O10P/c1-11(2)8-16(26-37(33,34)36-23-20(29)19(28)18(27)12(3)35-23)21(30)25-17(22(31)32)9-13-10-24-15-7-5-4-6-14(13)15/h4-7,10-12,16-20,23-24,27-29H,8-9H2,1-3H3,(H,25,30)(H,31,32)(H2,26,33,34)/t12-,16+,17+,18-,19+,20+,23?/m1/s1. The number of hydrogen-bond acceptors (Lipinski definition) is 8. The molecule has 2 heterocycles. The number of ether oxygens (including phenoxy) is 1. The number of rotatable bonds is 11. The van der Waals surface area contributed by atoms with Crippen LogP contribution in [-0.2, 0) is 29.8 Å². The number of aromatic amines is 1. The van der Waals surface area contributed by atoms with E-state index < -0.39 is 62.4 Å². The molecule has 13 nitrogen and oxygen atoms in total. The maximum atomic E-state index is 13.1. The highest BCUT2D eigenvalue weighted by atomic mass is 31.2. The first-order chi connectivity index (χ1) is 17.3. The van der Waals surface area contributed by atoms with E-state index in [1.807, 2.05) is 24.3 Å². The topological polar surface area (TPSA) is 211 Å². The summed E-state index contributed by atoms with van der Waals surface area (Å²) in [5.74, 6) is -2.27. The number of benzene rings is 1. The van der Waals surface area contributed by atoms with Crippen molar-refractivity contribution in [2.45, 2.75) is 76.4 Å². The van der Waals surface area contributed by atoms with E-state index >= 15 is 0 Å². The summed E-state index contributed by atoms with van der Waals surface area (Å²) < 4.78 is 23.0. The molecule has 37 heavy (non-hydrogen) atoms. The van der Waals surface area contributed by atoms with Crippen LogP contribution in [0.1, 0.15) is 32.8 Å². The zero-order chi connectivity index (χ0) is 27.5. The highest BCUT2D eigenvalue weighted by molar-refractivity contribution is 7.50. The predicted octanol–water partition coefficient (Wildman–Crippen LogP) is 0.229. The molecule has 206 valence electrons. The normalized spacial score (nSPS) is 27.5. The lowest BCUT2D eigenvalue weighted by Gasteiger charge is -2.39. The van der Waals surface area contributed by atoms with Gasteiger partial charge in [-0.2, -0.15) is 0 Å². The fourth-order valence-corrected chi connectivity index (χ4v) is 5.28. The van der Waals surface area contributed by atoms with Crippen molar-refractivity contribution in [3.8, 4) is 0 Å². The van der Waals surface area contributed by atoms with E-state index in [1.165, 1.54) is 6.92 Å². The van der Waals surface area contributed by atoms with Crippen LogP contribution in [0.3, 0.4) is 0 Å². The maximum Gasteiger partial charge on any atom is 0.406 e. The first-order valence-corrected chi connectivity index (χ1v) is 13.4. The van der Waals surface area contributed by atoms with Gasteiger partial charge in [0.2, 0.25) is 5.91 Å². The Balaban J connectivity index is 1.72. The van der Waals surface area contributed by atoms with Gasteiger partial charge in [-0.1, -0.05) is 32.0 Å². The number of carboxylic acid groups (broad SMARTS) is 1. The number of nitrogens with one attached hydrogen (secondary N) is 3. The molecule has 0 aliphatic carbocycles. The van der Waals surface area contributed by atoms with Gasteiger partial charge in [-0.05, 0) is 30.9 Å². The monoisotopic (exact) mass is 543 g/mol. The molecule has 0 radical (unpaired) electrons. The number of para-hydroxylation sites is 1. The van der Waals surface area contributed by atoms with Crippen LogP contribution in [0.2, 0.25) is 0 Å². The van der Waals surface area contributed by atoms with Crippen molar-refractivity contribution >= 4 is 30.5 Å². The minimum Gasteiger partial charge on any atom is -0.480 e. The minimum absolute atomic E-state index is 0.0347. The van der Waals surface area contributed by atoms with E-state index in [2.05, 4.69) is 15.4 Å². The molecular formula is C23H34N3O10P. The van der Waals surface area contributed by atoms with Crippen molar-refractivity contribution in [2.75, 3.05) is 0 Å². The first-order valence-electron chi connectivity index (χ1n) is 11.9. The van der Waals surface area contributed by atoms with E-state index in [4.69, 9.17) is 9.26 Å². The van der Waals surface area contributed by atoms with Crippen LogP contribution in [0.4, 0.5) is 0 Å². The van der Waals surface area contributed by atoms with Crippen LogP contribution in [0.15, 0.2) is 30.5 Å². The van der Waals surface area contributed by atoms with Crippen molar-refractivity contribution in [2.24, 2.45) is 5.92 Å². The van der Waals surface area contributed by atoms with Gasteiger partial charge in [0.25, 0.3) is 0 Å². The average molecular weight is 544 g/mol. The Labute approximate surface area is 213 Å². The number of carbonyl (C=O) groups is 2. The van der Waals surface area contributed by atoms with Crippen LogP contribution in [0, 0.1) is 5.92 Å². The van der Waals surface area contributed by atoms with E-state index in [1.54, 1.807) is 20.0 Å². The number of aliphatic carboxylic acids is 1. The van der Waals surface area contributed by atoms with Crippen molar-refractivity contribution < 1.29 is 48.7 Å². The summed E-state index contributed by atoms with van der Waals surface area (Å²) in [6.45, 7) is 4.90. The van der Waals surface area contributed by atoms with Gasteiger partial charge in [-0.25, -0.2) is 14.4 Å². The van der Waals surface area contributed by atoms with Gasteiger partial charge < -0.3 is 40.4 Å². The number of carboxylic acids is 1. The molecule has 0 spiro atoms. The number of amides is 1. The molecular weight excluding hydrogens is 509 g/mol. The van der Waals surface area contributed by atoms with Gasteiger partial charge in [-0.15, -0.1) is 0 Å². The van der Waals surface area contributed by atoms with Gasteiger partial charge in [0.05, 0.1) is 12.1 Å². The van der Waals surface area contributed by atoms with E-state index in [-0.39, 0.29) is 18.8 Å². The van der Waals surface area contributed by atoms with Crippen LogP contribution < -0.4 is 10.4 Å². The lowest BCUT2D eigenvalue weighted by atomic mass is 10.0. The molecule has 1 aromatic heterocycles. The first kappa shape index (κ1) is 29.2. The Morgan fingerprint density at radius 2 is 1.81 bits per heavy atom. The number of carbonyl (C=O) groups excluding carboxylic acids is 1. The van der Waals surface area contributed by atoms with Crippen molar-refractivity contribution in [3.63, 3.8) is 0 Å². The average Bonchev–Trinajstić information content (AvgIpc) is 3.22. The summed E-state index contributed by atoms with van der Waals surface area (Å²) >= 11 is 0. The van der Waals surface area contributed by atoms with E-state index in [0.29, 0.717) is 5.56 Å². The Kier molecular flexibility index (Phi) is 9.48. The SMILES string of the molecule is CC(C)C[C@H](NP(=O)(O)OC1O[C@H](C)[C@@H](O)[C@H](O)[C@@H]1O)C(=O)N[C@@H](Cc1c[nH]c2ccccc12)C(=O)O. The van der Waals surface area contributed by atoms with Crippen molar-refractivity contribution in [1.82, 2.24) is 15.4 Å². The molecule has 1 aromatic carbocycles. The Morgan fingerprint density at radius 1 is 1.14 bits per heavy atom. The third-order valence-electron chi connectivity index (χ3n) is 6.11. The molecule has 2 aromatic rings. The van der Waals surface area contributed by atoms with Gasteiger partial charge >= 0.3 is 13.7 Å². The van der Waals surface area contributed by atoms with Crippen molar-refractivity contribution in [3.05, 3.63) is 36.0 Å². The highest BCUT2D eigenvalue weighted by Crippen LogP contribution is 2.42. The van der Waals surface area contributed by atoms with Gasteiger partial charge in [0.15, 0.2) is 6.29 Å². The van der Waals surface area contributed by atoms with Gasteiger partial charge in [-0.3, -0.25) is 9.32 Å².